The Balaban J connectivity index is 1.63. The summed E-state index contributed by atoms with van der Waals surface area (Å²) in [4.78, 5) is 3.02. The number of methoxy groups -OCH3 is 1. The maximum atomic E-state index is 6.24. The lowest BCUT2D eigenvalue weighted by atomic mass is 9.92. The number of fused-ring (bicyclic) bond motifs is 1. The predicted molar refractivity (Wildman–Crippen MR) is 137 cm³/mol. The van der Waals surface area contributed by atoms with Gasteiger partial charge in [-0.05, 0) is 79.9 Å². The van der Waals surface area contributed by atoms with Gasteiger partial charge < -0.3 is 19.1 Å². The first-order chi connectivity index (χ1) is 15.9. The molecule has 1 aliphatic rings. The molecule has 3 aromatic carbocycles. The molecular weight excluding hydrogens is 454 g/mol. The van der Waals surface area contributed by atoms with Gasteiger partial charge in [-0.25, -0.2) is 0 Å². The molecule has 4 nitrogen and oxygen atoms in total. The van der Waals surface area contributed by atoms with Crippen LogP contribution in [0.4, 0.5) is 0 Å². The molecule has 4 rings (SSSR count). The molecule has 0 bridgehead atoms. The zero-order chi connectivity index (χ0) is 23.4. The fraction of sp³-hybridized carbons (Fsp3) is 0.296. The number of hydrogen-bond acceptors (Lipinski definition) is 4. The molecule has 0 N–H and O–H groups in total. The molecule has 0 saturated carbocycles. The van der Waals surface area contributed by atoms with Crippen molar-refractivity contribution < 1.29 is 14.2 Å². The average Bonchev–Trinajstić information content (AvgIpc) is 2.81. The molecule has 1 unspecified atom stereocenters. The Labute approximate surface area is 206 Å². The average molecular weight is 482 g/mol. The Bertz CT molecular complexity index is 1120. The highest BCUT2D eigenvalue weighted by Gasteiger charge is 2.30. The minimum absolute atomic E-state index is 0.0320. The monoisotopic (exact) mass is 481 g/mol. The van der Waals surface area contributed by atoms with Crippen LogP contribution in [-0.4, -0.2) is 36.3 Å². The molecule has 0 fully saturated rings. The van der Waals surface area contributed by atoms with E-state index in [-0.39, 0.29) is 12.1 Å². The third-order valence-electron chi connectivity index (χ3n) is 5.64. The van der Waals surface area contributed by atoms with Crippen molar-refractivity contribution in [2.24, 2.45) is 0 Å². The van der Waals surface area contributed by atoms with Crippen LogP contribution in [0.25, 0.3) is 0 Å². The molecule has 1 atom stereocenters. The van der Waals surface area contributed by atoms with Crippen LogP contribution >= 0.6 is 23.8 Å². The predicted octanol–water partition coefficient (Wildman–Crippen LogP) is 6.49. The van der Waals surface area contributed by atoms with Crippen molar-refractivity contribution in [3.63, 3.8) is 0 Å². The summed E-state index contributed by atoms with van der Waals surface area (Å²) in [6.07, 6.45) is 1.01. The molecule has 33 heavy (non-hydrogen) atoms. The maximum Gasteiger partial charge on any atom is 0.119 e. The minimum Gasteiger partial charge on any atom is -0.497 e. The first-order valence-corrected chi connectivity index (χ1v) is 11.9. The molecule has 1 aliphatic heterocycles. The summed E-state index contributed by atoms with van der Waals surface area (Å²) in [6, 6.07) is 21.6. The number of halogens is 1. The summed E-state index contributed by atoms with van der Waals surface area (Å²) >= 11 is 12.2. The fourth-order valence-electron chi connectivity index (χ4n) is 4.09. The molecule has 6 heteroatoms. The molecule has 0 aromatic heterocycles. The van der Waals surface area contributed by atoms with Crippen molar-refractivity contribution in [3.8, 4) is 17.2 Å². The number of benzene rings is 3. The van der Waals surface area contributed by atoms with E-state index in [1.807, 2.05) is 68.4 Å². The van der Waals surface area contributed by atoms with Crippen LogP contribution in [-0.2, 0) is 6.42 Å². The van der Waals surface area contributed by atoms with Crippen LogP contribution in [0.5, 0.6) is 17.2 Å². The molecule has 0 radical (unpaired) electrons. The van der Waals surface area contributed by atoms with Crippen molar-refractivity contribution in [1.29, 1.82) is 0 Å². The van der Waals surface area contributed by atoms with E-state index in [4.69, 9.17) is 38.0 Å². The first kappa shape index (κ1) is 23.4. The van der Waals surface area contributed by atoms with E-state index in [1.54, 1.807) is 7.11 Å². The molecule has 0 spiro atoms. The highest BCUT2D eigenvalue weighted by molar-refractivity contribution is 7.80. The lowest BCUT2D eigenvalue weighted by Crippen LogP contribution is -2.42. The van der Waals surface area contributed by atoms with E-state index in [1.165, 1.54) is 11.1 Å². The largest absolute Gasteiger partial charge is 0.497 e. The van der Waals surface area contributed by atoms with Gasteiger partial charge in [0.2, 0.25) is 0 Å². The summed E-state index contributed by atoms with van der Waals surface area (Å²) in [7, 11) is 1.65. The van der Waals surface area contributed by atoms with Crippen LogP contribution in [0, 0.1) is 0 Å². The van der Waals surface area contributed by atoms with E-state index in [9.17, 15) is 0 Å². The van der Waals surface area contributed by atoms with E-state index < -0.39 is 0 Å². The van der Waals surface area contributed by atoms with Crippen LogP contribution in [0.15, 0.2) is 66.7 Å². The Hall–Kier alpha value is -2.76. The van der Waals surface area contributed by atoms with Crippen LogP contribution in [0.1, 0.15) is 36.6 Å². The SMILES string of the molecule is COc1ccc(OCC2c3ccc(OC(C)C)cc3CCN2C(=S)c2cccc(Cl)c2)cc1. The van der Waals surface area contributed by atoms with Crippen LogP contribution < -0.4 is 14.2 Å². The van der Waals surface area contributed by atoms with Gasteiger partial charge in [-0.15, -0.1) is 0 Å². The highest BCUT2D eigenvalue weighted by Crippen LogP contribution is 2.35. The van der Waals surface area contributed by atoms with Gasteiger partial charge in [0.05, 0.1) is 19.3 Å². The lowest BCUT2D eigenvalue weighted by molar-refractivity contribution is 0.190. The van der Waals surface area contributed by atoms with E-state index in [2.05, 4.69) is 17.0 Å². The van der Waals surface area contributed by atoms with Gasteiger partial charge in [0.1, 0.15) is 28.8 Å². The first-order valence-electron chi connectivity index (χ1n) is 11.1. The number of hydrogen-bond donors (Lipinski definition) is 0. The maximum absolute atomic E-state index is 6.24. The summed E-state index contributed by atoms with van der Waals surface area (Å²) < 4.78 is 17.4. The highest BCUT2D eigenvalue weighted by atomic mass is 35.5. The topological polar surface area (TPSA) is 30.9 Å². The second-order valence-electron chi connectivity index (χ2n) is 8.29. The van der Waals surface area contributed by atoms with Crippen molar-refractivity contribution in [3.05, 3.63) is 88.4 Å². The van der Waals surface area contributed by atoms with E-state index in [0.717, 1.165) is 40.8 Å². The number of nitrogens with zero attached hydrogens (tertiary/aromatic N) is 1. The number of thiocarbonyl (C=S) groups is 1. The molecule has 3 aromatic rings. The summed E-state index contributed by atoms with van der Waals surface area (Å²) in [5, 5.41) is 0.675. The normalized spacial score (nSPS) is 15.2. The smallest absolute Gasteiger partial charge is 0.119 e. The lowest BCUT2D eigenvalue weighted by Gasteiger charge is -2.39. The Morgan fingerprint density at radius 2 is 1.76 bits per heavy atom. The molecule has 0 aliphatic carbocycles. The van der Waals surface area contributed by atoms with Gasteiger partial charge >= 0.3 is 0 Å². The summed E-state index contributed by atoms with van der Waals surface area (Å²) in [5.41, 5.74) is 3.41. The van der Waals surface area contributed by atoms with Crippen molar-refractivity contribution >= 4 is 28.8 Å². The van der Waals surface area contributed by atoms with Gasteiger partial charge in [-0.3, -0.25) is 0 Å². The van der Waals surface area contributed by atoms with Crippen molar-refractivity contribution in [1.82, 2.24) is 4.90 Å². The van der Waals surface area contributed by atoms with Gasteiger partial charge in [0, 0.05) is 17.1 Å². The standard InChI is InChI=1S/C27H28ClNO3S/c1-18(2)32-24-11-12-25-19(16-24)13-14-29(27(33)20-5-4-6-21(28)15-20)26(25)17-31-23-9-7-22(30-3)8-10-23/h4-12,15-16,18,26H,13-14,17H2,1-3H3. The third-order valence-corrected chi connectivity index (χ3v) is 6.35. The van der Waals surface area contributed by atoms with Crippen LogP contribution in [0.3, 0.4) is 0 Å². The molecule has 0 saturated heterocycles. The molecule has 0 amide bonds. The fourth-order valence-corrected chi connectivity index (χ4v) is 4.63. The molecule has 1 heterocycles. The van der Waals surface area contributed by atoms with Crippen LogP contribution in [0.2, 0.25) is 5.02 Å². The zero-order valence-electron chi connectivity index (χ0n) is 19.1. The molecular formula is C27H28ClNO3S. The van der Waals surface area contributed by atoms with Crippen molar-refractivity contribution in [2.45, 2.75) is 32.4 Å². The van der Waals surface area contributed by atoms with E-state index in [0.29, 0.717) is 11.6 Å². The third kappa shape index (κ3) is 5.60. The Kier molecular flexibility index (Phi) is 7.41. The quantitative estimate of drug-likeness (QED) is 0.360. The zero-order valence-corrected chi connectivity index (χ0v) is 20.7. The van der Waals surface area contributed by atoms with Gasteiger partial charge in [0.15, 0.2) is 0 Å². The van der Waals surface area contributed by atoms with Gasteiger partial charge in [0.25, 0.3) is 0 Å². The van der Waals surface area contributed by atoms with Gasteiger partial charge in [-0.2, -0.15) is 0 Å². The summed E-state index contributed by atoms with van der Waals surface area (Å²) in [5.74, 6) is 2.48. The van der Waals surface area contributed by atoms with E-state index >= 15 is 0 Å². The number of rotatable bonds is 7. The minimum atomic E-state index is -0.0320. The van der Waals surface area contributed by atoms with Gasteiger partial charge in [-0.1, -0.05) is 42.0 Å². The van der Waals surface area contributed by atoms with Crippen molar-refractivity contribution in [2.75, 3.05) is 20.3 Å². The Morgan fingerprint density at radius 3 is 2.45 bits per heavy atom. The number of ether oxygens (including phenoxy) is 3. The Morgan fingerprint density at radius 1 is 1.03 bits per heavy atom. The second-order valence-corrected chi connectivity index (χ2v) is 9.11. The summed E-state index contributed by atoms with van der Waals surface area (Å²) in [6.45, 7) is 5.33. The second kappa shape index (κ2) is 10.4. The molecule has 172 valence electrons.